The van der Waals surface area contributed by atoms with Gasteiger partial charge in [0, 0.05) is 6.42 Å². The Hall–Kier alpha value is -1.11. The van der Waals surface area contributed by atoms with Crippen molar-refractivity contribution in [2.75, 3.05) is 0 Å². The van der Waals surface area contributed by atoms with Gasteiger partial charge in [0.05, 0.1) is 0 Å². The molecule has 0 unspecified atom stereocenters. The number of benzene rings is 1. The molecule has 1 nitrogen and oxygen atoms in total. The minimum Gasteiger partial charge on any atom is -0.300 e. The van der Waals surface area contributed by atoms with Gasteiger partial charge in [-0.2, -0.15) is 0 Å². The molecule has 16 heavy (non-hydrogen) atoms. The maximum Gasteiger partial charge on any atom is 0.130 e. The lowest BCUT2D eigenvalue weighted by Crippen LogP contribution is -2.20. The molecule has 88 valence electrons. The summed E-state index contributed by atoms with van der Waals surface area (Å²) in [6, 6.07) is 8.49. The van der Waals surface area contributed by atoms with Crippen LogP contribution in [-0.4, -0.2) is 5.78 Å². The van der Waals surface area contributed by atoms with Crippen LogP contribution in [0.3, 0.4) is 0 Å². The second-order valence-electron chi connectivity index (χ2n) is 5.74. The molecule has 1 heteroatoms. The lowest BCUT2D eigenvalue weighted by Gasteiger charge is -2.30. The number of hydrogen-bond donors (Lipinski definition) is 0. The van der Waals surface area contributed by atoms with E-state index in [9.17, 15) is 4.79 Å². The van der Waals surface area contributed by atoms with Gasteiger partial charge in [-0.05, 0) is 30.7 Å². The van der Waals surface area contributed by atoms with E-state index in [-0.39, 0.29) is 11.2 Å². The van der Waals surface area contributed by atoms with E-state index in [0.717, 1.165) is 0 Å². The molecule has 0 fully saturated rings. The zero-order valence-electron chi connectivity index (χ0n) is 11.0. The van der Waals surface area contributed by atoms with Crippen LogP contribution in [0.25, 0.3) is 0 Å². The fraction of sp³-hybridized carbons (Fsp3) is 0.533. The largest absolute Gasteiger partial charge is 0.300 e. The Kier molecular flexibility index (Phi) is 3.90. The van der Waals surface area contributed by atoms with Crippen LogP contribution in [0.2, 0.25) is 0 Å². The Morgan fingerprint density at radius 2 is 1.94 bits per heavy atom. The average molecular weight is 218 g/mol. The zero-order chi connectivity index (χ0) is 12.3. The highest BCUT2D eigenvalue weighted by Crippen LogP contribution is 2.37. The van der Waals surface area contributed by atoms with Crippen LogP contribution in [0.4, 0.5) is 0 Å². The van der Waals surface area contributed by atoms with Crippen LogP contribution < -0.4 is 0 Å². The average Bonchev–Trinajstić information content (AvgIpc) is 2.12. The first kappa shape index (κ1) is 13.0. The molecule has 1 aromatic rings. The van der Waals surface area contributed by atoms with E-state index in [1.165, 1.54) is 11.1 Å². The molecule has 0 heterocycles. The number of hydrogen-bond acceptors (Lipinski definition) is 1. The van der Waals surface area contributed by atoms with Crippen molar-refractivity contribution >= 4 is 5.78 Å². The number of carbonyl (C=O) groups excluding carboxylic acids is 1. The third-order valence-electron chi connectivity index (χ3n) is 2.98. The maximum absolute atomic E-state index is 11.4. The first-order chi connectivity index (χ1) is 7.30. The monoisotopic (exact) mass is 218 g/mol. The number of aryl methyl sites for hydroxylation is 1. The molecule has 0 spiro atoms. The van der Waals surface area contributed by atoms with Crippen LogP contribution in [0.5, 0.6) is 0 Å². The molecule has 0 aliphatic heterocycles. The fourth-order valence-corrected chi connectivity index (χ4v) is 2.10. The van der Waals surface area contributed by atoms with Gasteiger partial charge in [0.25, 0.3) is 0 Å². The Bertz CT molecular complexity index is 371. The minimum atomic E-state index is 0.124. The van der Waals surface area contributed by atoms with E-state index in [4.69, 9.17) is 0 Å². The Morgan fingerprint density at radius 1 is 1.31 bits per heavy atom. The van der Waals surface area contributed by atoms with Gasteiger partial charge >= 0.3 is 0 Å². The predicted octanol–water partition coefficient (Wildman–Crippen LogP) is 4.10. The molecule has 0 aliphatic rings. The summed E-state index contributed by atoms with van der Waals surface area (Å²) in [5.74, 6) is 0.575. The molecule has 0 aromatic heterocycles. The molecule has 0 saturated carbocycles. The number of carbonyl (C=O) groups is 1. The van der Waals surface area contributed by atoms with Crippen LogP contribution in [0, 0.1) is 12.3 Å². The van der Waals surface area contributed by atoms with Crippen molar-refractivity contribution in [3.05, 3.63) is 35.4 Å². The summed E-state index contributed by atoms with van der Waals surface area (Å²) < 4.78 is 0. The number of ketones is 1. The van der Waals surface area contributed by atoms with E-state index >= 15 is 0 Å². The van der Waals surface area contributed by atoms with Crippen LogP contribution in [-0.2, 0) is 4.79 Å². The van der Waals surface area contributed by atoms with Crippen molar-refractivity contribution in [2.45, 2.75) is 47.0 Å². The summed E-state index contributed by atoms with van der Waals surface area (Å²) in [4.78, 5) is 11.4. The highest BCUT2D eigenvalue weighted by atomic mass is 16.1. The molecule has 1 aromatic carbocycles. The van der Waals surface area contributed by atoms with Crippen LogP contribution in [0.15, 0.2) is 24.3 Å². The molecule has 0 saturated heterocycles. The smallest absolute Gasteiger partial charge is 0.130 e. The van der Waals surface area contributed by atoms with Crippen molar-refractivity contribution in [3.8, 4) is 0 Å². The van der Waals surface area contributed by atoms with E-state index in [2.05, 4.69) is 52.0 Å². The molecule has 0 bridgehead atoms. The molecule has 1 atom stereocenters. The van der Waals surface area contributed by atoms with Crippen LogP contribution >= 0.6 is 0 Å². The predicted molar refractivity (Wildman–Crippen MR) is 68.7 cm³/mol. The molecule has 0 radical (unpaired) electrons. The summed E-state index contributed by atoms with van der Waals surface area (Å²) in [5, 5.41) is 0. The fourth-order valence-electron chi connectivity index (χ4n) is 2.10. The Balaban J connectivity index is 3.06. The summed E-state index contributed by atoms with van der Waals surface area (Å²) in [7, 11) is 0. The number of Topliss-reactive ketones (excluding diaryl/α,β-unsaturated/α-hetero) is 1. The van der Waals surface area contributed by atoms with E-state index < -0.39 is 0 Å². The lowest BCUT2D eigenvalue weighted by molar-refractivity contribution is -0.117. The molecule has 1 rings (SSSR count). The van der Waals surface area contributed by atoms with Gasteiger partial charge in [-0.25, -0.2) is 0 Å². The van der Waals surface area contributed by atoms with Gasteiger partial charge in [-0.3, -0.25) is 0 Å². The van der Waals surface area contributed by atoms with Crippen molar-refractivity contribution in [1.29, 1.82) is 0 Å². The topological polar surface area (TPSA) is 17.1 Å². The van der Waals surface area contributed by atoms with E-state index in [0.29, 0.717) is 12.3 Å². The second kappa shape index (κ2) is 4.82. The van der Waals surface area contributed by atoms with Gasteiger partial charge in [0.1, 0.15) is 5.78 Å². The van der Waals surface area contributed by atoms with Gasteiger partial charge in [0.15, 0.2) is 0 Å². The highest BCUT2D eigenvalue weighted by Gasteiger charge is 2.27. The summed E-state index contributed by atoms with van der Waals surface area (Å²) in [5.41, 5.74) is 2.66. The van der Waals surface area contributed by atoms with Crippen LogP contribution in [0.1, 0.15) is 51.2 Å². The number of rotatable bonds is 3. The summed E-state index contributed by atoms with van der Waals surface area (Å²) in [6.07, 6.45) is 0.632. The lowest BCUT2D eigenvalue weighted by atomic mass is 9.74. The third-order valence-corrected chi connectivity index (χ3v) is 2.98. The SMILES string of the molecule is CC(=O)C[C@H](c1cccc(C)c1)C(C)(C)C. The van der Waals surface area contributed by atoms with Crippen molar-refractivity contribution < 1.29 is 4.79 Å². The molecule has 0 amide bonds. The van der Waals surface area contributed by atoms with Gasteiger partial charge in [-0.1, -0.05) is 50.6 Å². The van der Waals surface area contributed by atoms with Gasteiger partial charge in [0.2, 0.25) is 0 Å². The molecule has 0 N–H and O–H groups in total. The highest BCUT2D eigenvalue weighted by molar-refractivity contribution is 5.76. The first-order valence-electron chi connectivity index (χ1n) is 5.86. The van der Waals surface area contributed by atoms with E-state index in [1.54, 1.807) is 6.92 Å². The standard InChI is InChI=1S/C15H22O/c1-11-7-6-8-13(9-11)14(10-12(2)16)15(3,4)5/h6-9,14H,10H2,1-5H3/t14-/m1/s1. The van der Waals surface area contributed by atoms with Crippen molar-refractivity contribution in [2.24, 2.45) is 5.41 Å². The van der Waals surface area contributed by atoms with Crippen molar-refractivity contribution in [3.63, 3.8) is 0 Å². The van der Waals surface area contributed by atoms with E-state index in [1.807, 2.05) is 0 Å². The molecular formula is C15H22O. The molecular weight excluding hydrogens is 196 g/mol. The first-order valence-corrected chi connectivity index (χ1v) is 5.86. The van der Waals surface area contributed by atoms with Gasteiger partial charge < -0.3 is 4.79 Å². The Labute approximate surface area is 98.9 Å². The third kappa shape index (κ3) is 3.48. The van der Waals surface area contributed by atoms with Crippen molar-refractivity contribution in [1.82, 2.24) is 0 Å². The summed E-state index contributed by atoms with van der Waals surface area (Å²) in [6.45, 7) is 10.4. The normalized spacial score (nSPS) is 13.6. The second-order valence-corrected chi connectivity index (χ2v) is 5.74. The quantitative estimate of drug-likeness (QED) is 0.746. The maximum atomic E-state index is 11.4. The minimum absolute atomic E-state index is 0.124. The molecule has 0 aliphatic carbocycles. The van der Waals surface area contributed by atoms with Gasteiger partial charge in [-0.15, -0.1) is 0 Å². The summed E-state index contributed by atoms with van der Waals surface area (Å²) >= 11 is 0. The zero-order valence-corrected chi connectivity index (χ0v) is 11.0. The Morgan fingerprint density at radius 3 is 2.38 bits per heavy atom.